The summed E-state index contributed by atoms with van der Waals surface area (Å²) < 4.78 is 0. The van der Waals surface area contributed by atoms with Crippen molar-refractivity contribution >= 4 is 5.97 Å². The molecule has 0 heterocycles. The molecule has 0 aromatic rings. The van der Waals surface area contributed by atoms with Crippen molar-refractivity contribution < 1.29 is 9.90 Å². The van der Waals surface area contributed by atoms with E-state index in [1.165, 1.54) is 0 Å². The fraction of sp³-hybridized carbons (Fsp3) is 0.500. The zero-order chi connectivity index (χ0) is 7.44. The van der Waals surface area contributed by atoms with Crippen LogP contribution in [0.5, 0.6) is 0 Å². The molecule has 1 unspecified atom stereocenters. The van der Waals surface area contributed by atoms with Crippen LogP contribution in [0.25, 0.3) is 0 Å². The summed E-state index contributed by atoms with van der Waals surface area (Å²) in [7, 11) is 0. The van der Waals surface area contributed by atoms with Gasteiger partial charge in [0.25, 0.3) is 0 Å². The van der Waals surface area contributed by atoms with Gasteiger partial charge in [-0.3, -0.25) is 4.79 Å². The van der Waals surface area contributed by atoms with Crippen LogP contribution in [0.1, 0.15) is 13.3 Å². The molecule has 0 aromatic carbocycles. The van der Waals surface area contributed by atoms with E-state index < -0.39 is 11.9 Å². The normalized spacial score (nSPS) is 12.6. The molecule has 0 rings (SSSR count). The Morgan fingerprint density at radius 1 is 1.89 bits per heavy atom. The van der Waals surface area contributed by atoms with Crippen molar-refractivity contribution in [3.63, 3.8) is 0 Å². The van der Waals surface area contributed by atoms with Crippen LogP contribution in [-0.4, -0.2) is 11.1 Å². The molecular weight excluding hydrogens is 118 g/mol. The molecule has 0 aromatic heterocycles. The van der Waals surface area contributed by atoms with Crippen molar-refractivity contribution in [3.05, 3.63) is 12.3 Å². The molecule has 3 N–H and O–H groups in total. The Bertz CT molecular complexity index is 131. The van der Waals surface area contributed by atoms with Crippen LogP contribution in [0, 0.1) is 5.92 Å². The first-order valence-corrected chi connectivity index (χ1v) is 2.70. The Kier molecular flexibility index (Phi) is 2.78. The van der Waals surface area contributed by atoms with Gasteiger partial charge in [-0.25, -0.2) is 0 Å². The first-order chi connectivity index (χ1) is 4.04. The van der Waals surface area contributed by atoms with Gasteiger partial charge >= 0.3 is 5.97 Å². The van der Waals surface area contributed by atoms with Crippen molar-refractivity contribution in [3.8, 4) is 0 Å². The van der Waals surface area contributed by atoms with E-state index in [1.807, 2.05) is 0 Å². The smallest absolute Gasteiger partial charge is 0.306 e. The van der Waals surface area contributed by atoms with Gasteiger partial charge in [0.15, 0.2) is 0 Å². The van der Waals surface area contributed by atoms with Gasteiger partial charge in [-0.1, -0.05) is 13.5 Å². The summed E-state index contributed by atoms with van der Waals surface area (Å²) >= 11 is 0. The van der Waals surface area contributed by atoms with Crippen LogP contribution in [0.15, 0.2) is 12.3 Å². The van der Waals surface area contributed by atoms with E-state index in [-0.39, 0.29) is 0 Å². The molecule has 52 valence electrons. The van der Waals surface area contributed by atoms with Crippen LogP contribution in [0.3, 0.4) is 0 Å². The van der Waals surface area contributed by atoms with Crippen molar-refractivity contribution in [1.82, 2.24) is 0 Å². The van der Waals surface area contributed by atoms with E-state index in [0.717, 1.165) is 0 Å². The lowest BCUT2D eigenvalue weighted by molar-refractivity contribution is -0.141. The molecule has 3 nitrogen and oxygen atoms in total. The summed E-state index contributed by atoms with van der Waals surface area (Å²) in [5.74, 6) is -1.25. The topological polar surface area (TPSA) is 63.3 Å². The van der Waals surface area contributed by atoms with Gasteiger partial charge in [0.1, 0.15) is 0 Å². The first kappa shape index (κ1) is 8.01. The van der Waals surface area contributed by atoms with Gasteiger partial charge in [-0.05, 0) is 6.42 Å². The molecule has 0 spiro atoms. The summed E-state index contributed by atoms with van der Waals surface area (Å²) in [6.45, 7) is 4.99. The highest BCUT2D eigenvalue weighted by molar-refractivity contribution is 5.69. The number of carboxylic acids is 1. The monoisotopic (exact) mass is 129 g/mol. The minimum absolute atomic E-state index is 0.356. The molecule has 0 aliphatic heterocycles. The maximum absolute atomic E-state index is 10.1. The van der Waals surface area contributed by atoms with E-state index in [4.69, 9.17) is 10.8 Å². The Morgan fingerprint density at radius 2 is 2.33 bits per heavy atom. The fourth-order valence-corrected chi connectivity index (χ4v) is 0.481. The second-order valence-corrected chi connectivity index (χ2v) is 2.10. The summed E-state index contributed by atoms with van der Waals surface area (Å²) in [6.07, 6.45) is 0.356. The van der Waals surface area contributed by atoms with Crippen LogP contribution >= 0.6 is 0 Å². The summed E-state index contributed by atoms with van der Waals surface area (Å²) in [5.41, 5.74) is 5.59. The van der Waals surface area contributed by atoms with E-state index in [2.05, 4.69) is 6.58 Å². The van der Waals surface area contributed by atoms with Gasteiger partial charge in [0, 0.05) is 5.70 Å². The summed E-state index contributed by atoms with van der Waals surface area (Å²) in [5, 5.41) is 8.33. The van der Waals surface area contributed by atoms with E-state index >= 15 is 0 Å². The van der Waals surface area contributed by atoms with Gasteiger partial charge in [-0.15, -0.1) is 0 Å². The van der Waals surface area contributed by atoms with Crippen molar-refractivity contribution in [1.29, 1.82) is 0 Å². The number of allylic oxidation sites excluding steroid dienone is 1. The number of carbonyl (C=O) groups is 1. The maximum Gasteiger partial charge on any atom is 0.306 e. The molecule has 3 heteroatoms. The third-order valence-corrected chi connectivity index (χ3v) is 0.990. The fourth-order valence-electron chi connectivity index (χ4n) is 0.481. The Labute approximate surface area is 54.2 Å². The molecule has 1 atom stereocenters. The standard InChI is InChI=1S/C6H11NO2/c1-4(6(8)9)3-5(2)7/h4H,2-3,7H2,1H3,(H,8,9). The summed E-state index contributed by atoms with van der Waals surface area (Å²) in [4.78, 5) is 10.1. The number of aliphatic carboxylic acids is 1. The van der Waals surface area contributed by atoms with E-state index in [0.29, 0.717) is 12.1 Å². The van der Waals surface area contributed by atoms with Crippen molar-refractivity contribution in [2.24, 2.45) is 11.7 Å². The number of rotatable bonds is 3. The zero-order valence-corrected chi connectivity index (χ0v) is 5.42. The second kappa shape index (κ2) is 3.12. The molecule has 0 amide bonds. The minimum atomic E-state index is -0.832. The molecular formula is C6H11NO2. The largest absolute Gasteiger partial charge is 0.481 e. The summed E-state index contributed by atoms with van der Waals surface area (Å²) in [6, 6.07) is 0. The van der Waals surface area contributed by atoms with Crippen molar-refractivity contribution in [2.45, 2.75) is 13.3 Å². The lowest BCUT2D eigenvalue weighted by Crippen LogP contribution is -2.12. The highest BCUT2D eigenvalue weighted by Crippen LogP contribution is 2.04. The zero-order valence-electron chi connectivity index (χ0n) is 5.42. The molecule has 9 heavy (non-hydrogen) atoms. The van der Waals surface area contributed by atoms with Gasteiger partial charge in [-0.2, -0.15) is 0 Å². The first-order valence-electron chi connectivity index (χ1n) is 2.70. The lowest BCUT2D eigenvalue weighted by atomic mass is 10.1. The lowest BCUT2D eigenvalue weighted by Gasteiger charge is -2.02. The highest BCUT2D eigenvalue weighted by Gasteiger charge is 2.09. The van der Waals surface area contributed by atoms with E-state index in [9.17, 15) is 4.79 Å². The number of carboxylic acid groups (broad SMARTS) is 1. The van der Waals surface area contributed by atoms with Crippen LogP contribution in [-0.2, 0) is 4.79 Å². The maximum atomic E-state index is 10.1. The van der Waals surface area contributed by atoms with Crippen LogP contribution in [0.4, 0.5) is 0 Å². The quantitative estimate of drug-likeness (QED) is 0.585. The third-order valence-electron chi connectivity index (χ3n) is 0.990. The van der Waals surface area contributed by atoms with Crippen LogP contribution < -0.4 is 5.73 Å². The number of hydrogen-bond acceptors (Lipinski definition) is 2. The van der Waals surface area contributed by atoms with Crippen molar-refractivity contribution in [2.75, 3.05) is 0 Å². The average molecular weight is 129 g/mol. The molecule has 0 aliphatic carbocycles. The molecule has 0 saturated carbocycles. The Hall–Kier alpha value is -0.990. The predicted octanol–water partition coefficient (Wildman–Crippen LogP) is 0.570. The SMILES string of the molecule is C=C(N)CC(C)C(=O)O. The highest BCUT2D eigenvalue weighted by atomic mass is 16.4. The predicted molar refractivity (Wildman–Crippen MR) is 34.7 cm³/mol. The Morgan fingerprint density at radius 3 is 2.44 bits per heavy atom. The Balaban J connectivity index is 3.63. The number of hydrogen-bond donors (Lipinski definition) is 2. The van der Waals surface area contributed by atoms with E-state index in [1.54, 1.807) is 6.92 Å². The third kappa shape index (κ3) is 3.58. The molecule has 0 bridgehead atoms. The molecule has 0 aliphatic rings. The number of nitrogens with two attached hydrogens (primary N) is 1. The molecule has 0 radical (unpaired) electrons. The van der Waals surface area contributed by atoms with Gasteiger partial charge in [0.2, 0.25) is 0 Å². The van der Waals surface area contributed by atoms with Crippen LogP contribution in [0.2, 0.25) is 0 Å². The average Bonchev–Trinajstić information content (AvgIpc) is 1.63. The molecule has 0 saturated heterocycles. The van der Waals surface area contributed by atoms with Gasteiger partial charge in [0.05, 0.1) is 5.92 Å². The molecule has 0 fully saturated rings. The second-order valence-electron chi connectivity index (χ2n) is 2.10. The van der Waals surface area contributed by atoms with Gasteiger partial charge < -0.3 is 10.8 Å². The minimum Gasteiger partial charge on any atom is -0.481 e.